The van der Waals surface area contributed by atoms with Gasteiger partial charge in [0.2, 0.25) is 0 Å². The van der Waals surface area contributed by atoms with E-state index in [9.17, 15) is 13.2 Å². The Bertz CT molecular complexity index is 1710. The highest BCUT2D eigenvalue weighted by molar-refractivity contribution is 9.10. The van der Waals surface area contributed by atoms with E-state index in [-0.39, 0.29) is 16.6 Å². The number of rotatable bonds is 6. The number of carbonyl (C=O) groups excluding carboxylic acids is 1. The summed E-state index contributed by atoms with van der Waals surface area (Å²) in [5.74, 6) is -0.268. The lowest BCUT2D eigenvalue weighted by Crippen LogP contribution is -2.28. The number of hydrogen-bond acceptors (Lipinski definition) is 6. The molecule has 0 aliphatic carbocycles. The number of halogens is 3. The molecule has 1 aliphatic heterocycles. The van der Waals surface area contributed by atoms with Gasteiger partial charge in [-0.25, -0.2) is 4.99 Å². The standard InChI is InChI=1S/C28H17BrCl2N2O4S2/c29-19-6-15-25(37-39(35,36)24-4-2-1-3-5-24)18(16-19)17-26-27(34)33(23-13-9-21(31)10-14-23)28(38-26)32-22-11-7-20(30)8-12-22/h1-17H/b26-17-,32-28?. The zero-order valence-corrected chi connectivity index (χ0v) is 24.5. The molecule has 0 N–H and O–H groups in total. The quantitative estimate of drug-likeness (QED) is 0.154. The highest BCUT2D eigenvalue weighted by atomic mass is 79.9. The van der Waals surface area contributed by atoms with Crippen LogP contribution in [0.5, 0.6) is 5.75 Å². The molecule has 0 atom stereocenters. The molecule has 1 fully saturated rings. The summed E-state index contributed by atoms with van der Waals surface area (Å²) in [6, 6.07) is 26.4. The van der Waals surface area contributed by atoms with Crippen molar-refractivity contribution < 1.29 is 17.4 Å². The van der Waals surface area contributed by atoms with Crippen molar-refractivity contribution in [3.8, 4) is 5.75 Å². The van der Waals surface area contributed by atoms with E-state index in [0.29, 0.717) is 41.5 Å². The molecule has 11 heteroatoms. The number of amidine groups is 1. The van der Waals surface area contributed by atoms with Crippen LogP contribution in [0.25, 0.3) is 6.08 Å². The number of anilines is 1. The summed E-state index contributed by atoms with van der Waals surface area (Å²) >= 11 is 16.7. The molecule has 196 valence electrons. The molecule has 1 saturated heterocycles. The van der Waals surface area contributed by atoms with Crippen LogP contribution in [0, 0.1) is 0 Å². The van der Waals surface area contributed by atoms with E-state index in [1.807, 2.05) is 0 Å². The molecule has 5 rings (SSSR count). The topological polar surface area (TPSA) is 76.0 Å². The Labute approximate surface area is 248 Å². The van der Waals surface area contributed by atoms with Crippen LogP contribution < -0.4 is 9.08 Å². The fraction of sp³-hybridized carbons (Fsp3) is 0. The van der Waals surface area contributed by atoms with E-state index in [1.54, 1.807) is 84.9 Å². The monoisotopic (exact) mass is 658 g/mol. The number of benzene rings is 4. The van der Waals surface area contributed by atoms with Gasteiger partial charge in [-0.05, 0) is 96.7 Å². The largest absolute Gasteiger partial charge is 0.378 e. The van der Waals surface area contributed by atoms with Gasteiger partial charge in [0.1, 0.15) is 10.6 Å². The minimum absolute atomic E-state index is 0.0177. The second-order valence-electron chi connectivity index (χ2n) is 8.13. The van der Waals surface area contributed by atoms with Crippen LogP contribution in [0.15, 0.2) is 116 Å². The maximum absolute atomic E-state index is 13.7. The summed E-state index contributed by atoms with van der Waals surface area (Å²) < 4.78 is 32.0. The first-order valence-electron chi connectivity index (χ1n) is 11.3. The smallest absolute Gasteiger partial charge is 0.339 e. The molecule has 1 amide bonds. The van der Waals surface area contributed by atoms with Crippen molar-refractivity contribution in [2.45, 2.75) is 4.90 Å². The molecular formula is C28H17BrCl2N2O4S2. The van der Waals surface area contributed by atoms with Crippen LogP contribution >= 0.6 is 50.9 Å². The molecule has 6 nitrogen and oxygen atoms in total. The Morgan fingerprint density at radius 1 is 0.872 bits per heavy atom. The van der Waals surface area contributed by atoms with Gasteiger partial charge in [-0.15, -0.1) is 0 Å². The lowest BCUT2D eigenvalue weighted by molar-refractivity contribution is -0.113. The van der Waals surface area contributed by atoms with E-state index in [2.05, 4.69) is 20.9 Å². The molecule has 0 radical (unpaired) electrons. The zero-order chi connectivity index (χ0) is 27.6. The molecule has 1 aliphatic rings. The lowest BCUT2D eigenvalue weighted by Gasteiger charge is -2.15. The molecule has 0 aromatic heterocycles. The molecule has 4 aromatic rings. The van der Waals surface area contributed by atoms with Crippen molar-refractivity contribution in [1.82, 2.24) is 0 Å². The van der Waals surface area contributed by atoms with Gasteiger partial charge in [0.15, 0.2) is 5.17 Å². The molecule has 0 saturated carbocycles. The number of amides is 1. The number of hydrogen-bond donors (Lipinski definition) is 0. The fourth-order valence-electron chi connectivity index (χ4n) is 3.60. The van der Waals surface area contributed by atoms with Gasteiger partial charge in [-0.3, -0.25) is 9.69 Å². The molecule has 0 spiro atoms. The Kier molecular flexibility index (Phi) is 8.16. The highest BCUT2D eigenvalue weighted by Gasteiger charge is 2.35. The third-order valence-electron chi connectivity index (χ3n) is 5.43. The summed E-state index contributed by atoms with van der Waals surface area (Å²) in [6.07, 6.45) is 1.58. The van der Waals surface area contributed by atoms with Gasteiger partial charge in [0, 0.05) is 20.1 Å². The first-order valence-corrected chi connectivity index (χ1v) is 15.1. The number of carbonyl (C=O) groups is 1. The molecular weight excluding hydrogens is 643 g/mol. The lowest BCUT2D eigenvalue weighted by atomic mass is 10.2. The zero-order valence-electron chi connectivity index (χ0n) is 19.8. The molecule has 1 heterocycles. The van der Waals surface area contributed by atoms with Crippen LogP contribution in [0.1, 0.15) is 5.56 Å². The van der Waals surface area contributed by atoms with E-state index < -0.39 is 10.1 Å². The van der Waals surface area contributed by atoms with Crippen molar-refractivity contribution in [2.75, 3.05) is 4.90 Å². The minimum Gasteiger partial charge on any atom is -0.378 e. The Hall–Kier alpha value is -3.08. The van der Waals surface area contributed by atoms with Gasteiger partial charge >= 0.3 is 10.1 Å². The molecule has 4 aromatic carbocycles. The first-order chi connectivity index (χ1) is 18.7. The van der Waals surface area contributed by atoms with Crippen LogP contribution in [0.2, 0.25) is 10.0 Å². The molecule has 0 bridgehead atoms. The normalized spacial score (nSPS) is 15.8. The van der Waals surface area contributed by atoms with E-state index in [1.165, 1.54) is 23.1 Å². The highest BCUT2D eigenvalue weighted by Crippen LogP contribution is 2.39. The maximum atomic E-state index is 13.7. The van der Waals surface area contributed by atoms with E-state index in [0.717, 1.165) is 11.8 Å². The average Bonchev–Trinajstić information content (AvgIpc) is 3.22. The van der Waals surface area contributed by atoms with Gasteiger partial charge in [-0.2, -0.15) is 8.42 Å². The Morgan fingerprint density at radius 2 is 1.51 bits per heavy atom. The minimum atomic E-state index is -4.10. The molecule has 0 unspecified atom stereocenters. The van der Waals surface area contributed by atoms with Crippen LogP contribution in [-0.4, -0.2) is 19.5 Å². The third-order valence-corrected chi connectivity index (χ3v) is 8.65. The summed E-state index contributed by atoms with van der Waals surface area (Å²) in [5, 5.41) is 1.50. The van der Waals surface area contributed by atoms with E-state index in [4.69, 9.17) is 27.4 Å². The SMILES string of the molecule is O=C1/C(=C/c2cc(Br)ccc2OS(=O)(=O)c2ccccc2)SC(=Nc2ccc(Cl)cc2)N1c1ccc(Cl)cc1. The third kappa shape index (κ3) is 6.40. The van der Waals surface area contributed by atoms with Gasteiger partial charge in [-0.1, -0.05) is 57.3 Å². The van der Waals surface area contributed by atoms with Gasteiger partial charge in [0.25, 0.3) is 5.91 Å². The predicted octanol–water partition coefficient (Wildman–Crippen LogP) is 8.33. The summed E-state index contributed by atoms with van der Waals surface area (Å²) in [6.45, 7) is 0. The summed E-state index contributed by atoms with van der Waals surface area (Å²) in [5.41, 5.74) is 1.57. The van der Waals surface area contributed by atoms with Gasteiger partial charge < -0.3 is 4.18 Å². The van der Waals surface area contributed by atoms with Gasteiger partial charge in [0.05, 0.1) is 16.3 Å². The second kappa shape index (κ2) is 11.6. The van der Waals surface area contributed by atoms with Crippen molar-refractivity contribution >= 4 is 89.5 Å². The number of aliphatic imine (C=N–C) groups is 1. The average molecular weight is 660 g/mol. The fourth-order valence-corrected chi connectivity index (χ4v) is 6.19. The second-order valence-corrected chi connectivity index (χ2v) is 12.5. The Morgan fingerprint density at radius 3 is 2.18 bits per heavy atom. The summed E-state index contributed by atoms with van der Waals surface area (Å²) in [7, 11) is -4.10. The summed E-state index contributed by atoms with van der Waals surface area (Å²) in [4.78, 5) is 20.2. The van der Waals surface area contributed by atoms with Crippen molar-refractivity contribution in [2.24, 2.45) is 4.99 Å². The van der Waals surface area contributed by atoms with E-state index >= 15 is 0 Å². The number of thioether (sulfide) groups is 1. The van der Waals surface area contributed by atoms with Crippen molar-refractivity contribution in [3.63, 3.8) is 0 Å². The van der Waals surface area contributed by atoms with Crippen LogP contribution in [0.4, 0.5) is 11.4 Å². The molecule has 39 heavy (non-hydrogen) atoms. The maximum Gasteiger partial charge on any atom is 0.339 e. The first kappa shape index (κ1) is 27.5. The predicted molar refractivity (Wildman–Crippen MR) is 161 cm³/mol. The van der Waals surface area contributed by atoms with Crippen molar-refractivity contribution in [1.29, 1.82) is 0 Å². The van der Waals surface area contributed by atoms with Crippen LogP contribution in [0.3, 0.4) is 0 Å². The number of nitrogens with zero attached hydrogens (tertiary/aromatic N) is 2. The Balaban J connectivity index is 1.56. The van der Waals surface area contributed by atoms with Crippen molar-refractivity contribution in [3.05, 3.63) is 122 Å². The van der Waals surface area contributed by atoms with Crippen LogP contribution in [-0.2, 0) is 14.9 Å².